The largest absolute Gasteiger partial charge is 0.490 e. The molecule has 1 aromatic rings. The van der Waals surface area contributed by atoms with Gasteiger partial charge in [-0.25, -0.2) is 0 Å². The van der Waals surface area contributed by atoms with Gasteiger partial charge in [0.25, 0.3) is 5.69 Å². The summed E-state index contributed by atoms with van der Waals surface area (Å²) in [5.41, 5.74) is 2.28. The van der Waals surface area contributed by atoms with Crippen molar-refractivity contribution in [1.82, 2.24) is 0 Å². The number of allylic oxidation sites excluding steroid dienone is 3. The molecular weight excluding hydrogens is 373 g/mol. The first-order valence-corrected chi connectivity index (χ1v) is 8.56. The van der Waals surface area contributed by atoms with E-state index in [2.05, 4.69) is 6.08 Å². The topological polar surface area (TPSA) is 52.4 Å². The Labute approximate surface area is 157 Å². The van der Waals surface area contributed by atoms with E-state index in [4.69, 9.17) is 39.5 Å². The summed E-state index contributed by atoms with van der Waals surface area (Å²) >= 11 is 17.2. The number of nitro benzene ring substituents is 1. The van der Waals surface area contributed by atoms with Crippen LogP contribution in [0.5, 0.6) is 5.75 Å². The fourth-order valence-electron chi connectivity index (χ4n) is 1.98. The third-order valence-corrected chi connectivity index (χ3v) is 3.64. The van der Waals surface area contributed by atoms with E-state index in [1.54, 1.807) is 12.1 Å². The average Bonchev–Trinajstić information content (AvgIpc) is 2.46. The van der Waals surface area contributed by atoms with Crippen molar-refractivity contribution in [2.45, 2.75) is 36.9 Å². The number of halogens is 3. The number of nitro groups is 1. The van der Waals surface area contributed by atoms with Gasteiger partial charge in [0.05, 0.1) is 4.92 Å². The molecule has 1 aromatic carbocycles. The SMILES string of the molecule is CC(=CCOc1ccc([N+](=O)[O-])cc1)CCC=C(C)CC(Cl)(Cl)Cl. The van der Waals surface area contributed by atoms with Crippen LogP contribution in [0, 0.1) is 10.1 Å². The standard InChI is InChI=1S/C17H20Cl3NO3/c1-13(4-3-5-14(2)12-17(18,19)20)10-11-24-16-8-6-15(7-9-16)21(22)23/h5-10H,3-4,11-12H2,1-2H3. The van der Waals surface area contributed by atoms with Gasteiger partial charge < -0.3 is 4.74 Å². The molecule has 0 atom stereocenters. The van der Waals surface area contributed by atoms with Crippen molar-refractivity contribution in [3.05, 3.63) is 57.7 Å². The molecule has 0 spiro atoms. The fraction of sp³-hybridized carbons (Fsp3) is 0.412. The highest BCUT2D eigenvalue weighted by atomic mass is 35.6. The number of ether oxygens (including phenoxy) is 1. The second kappa shape index (κ2) is 9.92. The van der Waals surface area contributed by atoms with Crippen molar-refractivity contribution in [2.75, 3.05) is 6.61 Å². The van der Waals surface area contributed by atoms with Crippen LogP contribution in [0.15, 0.2) is 47.6 Å². The highest BCUT2D eigenvalue weighted by molar-refractivity contribution is 6.67. The minimum Gasteiger partial charge on any atom is -0.490 e. The van der Waals surface area contributed by atoms with Crippen LogP contribution in [0.1, 0.15) is 33.1 Å². The molecule has 0 radical (unpaired) electrons. The first-order valence-electron chi connectivity index (χ1n) is 7.42. The molecule has 4 nitrogen and oxygen atoms in total. The lowest BCUT2D eigenvalue weighted by Gasteiger charge is -2.10. The summed E-state index contributed by atoms with van der Waals surface area (Å²) < 4.78 is 4.29. The van der Waals surface area contributed by atoms with Gasteiger partial charge >= 0.3 is 0 Å². The summed E-state index contributed by atoms with van der Waals surface area (Å²) in [4.78, 5) is 10.1. The van der Waals surface area contributed by atoms with Gasteiger partial charge in [-0.05, 0) is 44.9 Å². The number of hydrogen-bond acceptors (Lipinski definition) is 3. The quantitative estimate of drug-likeness (QED) is 0.222. The lowest BCUT2D eigenvalue weighted by atomic mass is 10.1. The molecule has 0 N–H and O–H groups in total. The summed E-state index contributed by atoms with van der Waals surface area (Å²) in [5.74, 6) is 0.600. The van der Waals surface area contributed by atoms with Crippen LogP contribution in [-0.2, 0) is 0 Å². The van der Waals surface area contributed by atoms with Gasteiger partial charge in [-0.3, -0.25) is 10.1 Å². The Bertz CT molecular complexity index is 605. The zero-order chi connectivity index (χ0) is 18.2. The van der Waals surface area contributed by atoms with E-state index in [-0.39, 0.29) is 5.69 Å². The molecule has 0 aromatic heterocycles. The normalized spacial score (nSPS) is 13.0. The van der Waals surface area contributed by atoms with Gasteiger partial charge in [-0.15, -0.1) is 0 Å². The van der Waals surface area contributed by atoms with Crippen molar-refractivity contribution >= 4 is 40.5 Å². The highest BCUT2D eigenvalue weighted by Crippen LogP contribution is 2.33. The first-order chi connectivity index (χ1) is 11.2. The number of non-ortho nitro benzene ring substituents is 1. The minimum absolute atomic E-state index is 0.0473. The van der Waals surface area contributed by atoms with Gasteiger partial charge in [0.1, 0.15) is 12.4 Å². The van der Waals surface area contributed by atoms with Crippen LogP contribution in [-0.4, -0.2) is 15.3 Å². The maximum atomic E-state index is 10.6. The Balaban J connectivity index is 2.37. The molecule has 0 fully saturated rings. The van der Waals surface area contributed by atoms with Crippen molar-refractivity contribution in [2.24, 2.45) is 0 Å². The molecule has 0 aliphatic heterocycles. The average molecular weight is 393 g/mol. The van der Waals surface area contributed by atoms with Crippen LogP contribution in [0.25, 0.3) is 0 Å². The van der Waals surface area contributed by atoms with E-state index in [9.17, 15) is 10.1 Å². The Morgan fingerprint density at radius 1 is 1.17 bits per heavy atom. The van der Waals surface area contributed by atoms with Crippen LogP contribution in [0.3, 0.4) is 0 Å². The Hall–Kier alpha value is -1.23. The second-order valence-corrected chi connectivity index (χ2v) is 8.01. The molecule has 0 amide bonds. The van der Waals surface area contributed by atoms with E-state index in [1.165, 1.54) is 17.7 Å². The Kier molecular flexibility index (Phi) is 8.60. The van der Waals surface area contributed by atoms with Crippen molar-refractivity contribution < 1.29 is 9.66 Å². The van der Waals surface area contributed by atoms with E-state index in [0.29, 0.717) is 18.8 Å². The molecule has 0 aliphatic rings. The summed E-state index contributed by atoms with van der Waals surface area (Å²) in [6.07, 6.45) is 6.23. The molecule has 1 rings (SSSR count). The molecule has 0 aliphatic carbocycles. The minimum atomic E-state index is -1.25. The third-order valence-electron chi connectivity index (χ3n) is 3.24. The van der Waals surface area contributed by atoms with Crippen molar-refractivity contribution in [3.8, 4) is 5.75 Å². The molecule has 0 saturated carbocycles. The van der Waals surface area contributed by atoms with Gasteiger partial charge in [0, 0.05) is 18.6 Å². The van der Waals surface area contributed by atoms with Gasteiger partial charge in [0.15, 0.2) is 3.79 Å². The van der Waals surface area contributed by atoms with Crippen molar-refractivity contribution in [3.63, 3.8) is 0 Å². The third kappa shape index (κ3) is 9.16. The molecule has 0 saturated heterocycles. The lowest BCUT2D eigenvalue weighted by molar-refractivity contribution is -0.384. The number of alkyl halides is 3. The van der Waals surface area contributed by atoms with Crippen molar-refractivity contribution in [1.29, 1.82) is 0 Å². The van der Waals surface area contributed by atoms with E-state index < -0.39 is 8.72 Å². The maximum Gasteiger partial charge on any atom is 0.269 e. The molecule has 132 valence electrons. The maximum absolute atomic E-state index is 10.6. The molecular formula is C17H20Cl3NO3. The highest BCUT2D eigenvalue weighted by Gasteiger charge is 2.19. The van der Waals surface area contributed by atoms with Gasteiger partial charge in [0.2, 0.25) is 0 Å². The Morgan fingerprint density at radius 2 is 1.79 bits per heavy atom. The van der Waals surface area contributed by atoms with Crippen LogP contribution >= 0.6 is 34.8 Å². The molecule has 0 heterocycles. The zero-order valence-electron chi connectivity index (χ0n) is 13.6. The summed E-state index contributed by atoms with van der Waals surface area (Å²) in [6.45, 7) is 4.39. The predicted octanol–water partition coefficient (Wildman–Crippen LogP) is 6.41. The molecule has 7 heteroatoms. The zero-order valence-corrected chi connectivity index (χ0v) is 15.9. The van der Waals surface area contributed by atoms with Crippen LogP contribution in [0.4, 0.5) is 5.69 Å². The van der Waals surface area contributed by atoms with E-state index in [1.807, 2.05) is 19.9 Å². The monoisotopic (exact) mass is 391 g/mol. The molecule has 0 unspecified atom stereocenters. The second-order valence-electron chi connectivity index (χ2n) is 5.49. The van der Waals surface area contributed by atoms with Gasteiger partial charge in [-0.2, -0.15) is 0 Å². The summed E-state index contributed by atoms with van der Waals surface area (Å²) in [5, 5.41) is 10.6. The van der Waals surface area contributed by atoms with E-state index >= 15 is 0 Å². The first kappa shape index (κ1) is 20.8. The van der Waals surface area contributed by atoms with E-state index in [0.717, 1.165) is 18.4 Å². The number of rotatable bonds is 8. The number of hydrogen-bond donors (Lipinski definition) is 0. The lowest BCUT2D eigenvalue weighted by Crippen LogP contribution is -2.01. The fourth-order valence-corrected chi connectivity index (χ4v) is 2.61. The van der Waals surface area contributed by atoms with Crippen LogP contribution in [0.2, 0.25) is 0 Å². The number of benzene rings is 1. The van der Waals surface area contributed by atoms with Crippen LogP contribution < -0.4 is 4.74 Å². The smallest absolute Gasteiger partial charge is 0.269 e. The molecule has 24 heavy (non-hydrogen) atoms. The summed E-state index contributed by atoms with van der Waals surface area (Å²) in [6, 6.07) is 6.02. The molecule has 0 bridgehead atoms. The summed E-state index contributed by atoms with van der Waals surface area (Å²) in [7, 11) is 0. The van der Waals surface area contributed by atoms with Gasteiger partial charge in [-0.1, -0.05) is 52.0 Å². The number of nitrogens with zero attached hydrogens (tertiary/aromatic N) is 1. The Morgan fingerprint density at radius 3 is 2.33 bits per heavy atom. The predicted molar refractivity (Wildman–Crippen MR) is 100 cm³/mol.